The van der Waals surface area contributed by atoms with Gasteiger partial charge in [0.25, 0.3) is 0 Å². The van der Waals surface area contributed by atoms with Crippen LogP contribution in [0.1, 0.15) is 5.56 Å². The first-order valence-corrected chi connectivity index (χ1v) is 3.53. The zero-order chi connectivity index (χ0) is 7.94. The molecule has 1 nitrogen and oxygen atoms in total. The molecule has 0 amide bonds. The maximum absolute atomic E-state index is 5.13. The fraction of sp³-hybridized carbons (Fsp3) is 0.100. The molecule has 0 saturated carbocycles. The van der Waals surface area contributed by atoms with E-state index in [0.717, 1.165) is 0 Å². The molecule has 0 bridgehead atoms. The summed E-state index contributed by atoms with van der Waals surface area (Å²) in [5.74, 6) is 0. The van der Waals surface area contributed by atoms with Crippen LogP contribution in [0, 0.1) is 6.61 Å². The van der Waals surface area contributed by atoms with Gasteiger partial charge in [0.1, 0.15) is 6.61 Å². The molecule has 0 spiro atoms. The Labute approximate surface area is 67.3 Å². The molecule has 1 aromatic carbocycles. The van der Waals surface area contributed by atoms with Gasteiger partial charge in [-0.25, -0.2) is 0 Å². The third-order valence-electron chi connectivity index (χ3n) is 1.29. The van der Waals surface area contributed by atoms with Crippen molar-refractivity contribution in [2.45, 2.75) is 6.61 Å². The largest absolute Gasteiger partial charge is 0.366 e. The summed E-state index contributed by atoms with van der Waals surface area (Å²) in [7, 11) is 0. The molecule has 11 heavy (non-hydrogen) atoms. The zero-order valence-electron chi connectivity index (χ0n) is 6.36. The Hall–Kier alpha value is -1.08. The fourth-order valence-corrected chi connectivity index (χ4v) is 0.787. The van der Waals surface area contributed by atoms with Crippen LogP contribution in [0.3, 0.4) is 0 Å². The smallest absolute Gasteiger partial charge is 0.106 e. The van der Waals surface area contributed by atoms with Crippen LogP contribution in [-0.2, 0) is 11.3 Å². The first kappa shape index (κ1) is 8.02. The quantitative estimate of drug-likeness (QED) is 0.598. The lowest BCUT2D eigenvalue weighted by molar-refractivity contribution is 0.202. The normalized spacial score (nSPS) is 9.45. The number of benzene rings is 1. The monoisotopic (exact) mass is 149 g/mol. The third kappa shape index (κ3) is 3.01. The highest BCUT2D eigenvalue weighted by molar-refractivity contribution is 5.13. The number of hydrogen-bond donors (Lipinski definition) is 0. The number of hydrogen-bond acceptors (Lipinski definition) is 1. The van der Waals surface area contributed by atoms with Gasteiger partial charge in [-0.2, -0.15) is 0 Å². The summed E-state index contributed by atoms with van der Waals surface area (Å²) >= 11 is 0. The minimum atomic E-state index is 0.618. The van der Waals surface area contributed by atoms with Gasteiger partial charge in [-0.05, 0) is 5.56 Å². The van der Waals surface area contributed by atoms with Crippen LogP contribution in [0.25, 0.3) is 0 Å². The standard InChI is InChI=1S/C10H11O/c1-2-8-11-9-10-6-4-3-5-7-10/h2-8H,1,9H2/i9+2. The van der Waals surface area contributed by atoms with E-state index in [-0.39, 0.29) is 0 Å². The van der Waals surface area contributed by atoms with E-state index in [0.29, 0.717) is 6.61 Å². The van der Waals surface area contributed by atoms with Crippen LogP contribution in [0.5, 0.6) is 0 Å². The molecule has 1 aromatic rings. The molecule has 0 heterocycles. The summed E-state index contributed by atoms with van der Waals surface area (Å²) in [6.07, 6.45) is 1.63. The maximum Gasteiger partial charge on any atom is 0.106 e. The van der Waals surface area contributed by atoms with Gasteiger partial charge in [0.15, 0.2) is 0 Å². The second kappa shape index (κ2) is 4.69. The maximum atomic E-state index is 5.13. The Balaban J connectivity index is 2.33. The first-order valence-electron chi connectivity index (χ1n) is 3.53. The SMILES string of the molecule is C=C[CH]O[14CH2]c1ccccc1. The van der Waals surface area contributed by atoms with Crippen LogP contribution in [0.2, 0.25) is 0 Å². The van der Waals surface area contributed by atoms with Crippen molar-refractivity contribution in [2.24, 2.45) is 0 Å². The Bertz CT molecular complexity index is 203. The lowest BCUT2D eigenvalue weighted by atomic mass is 10.3. The van der Waals surface area contributed by atoms with Crippen molar-refractivity contribution in [3.8, 4) is 0 Å². The summed E-state index contributed by atoms with van der Waals surface area (Å²) in [5, 5.41) is 0. The van der Waals surface area contributed by atoms with E-state index in [2.05, 4.69) is 6.58 Å². The summed E-state index contributed by atoms with van der Waals surface area (Å²) < 4.78 is 5.13. The van der Waals surface area contributed by atoms with Gasteiger partial charge in [0, 0.05) is 0 Å². The number of ether oxygens (including phenoxy) is 1. The van der Waals surface area contributed by atoms with Crippen molar-refractivity contribution < 1.29 is 4.74 Å². The molecule has 0 saturated heterocycles. The van der Waals surface area contributed by atoms with Gasteiger partial charge in [0.2, 0.25) is 0 Å². The van der Waals surface area contributed by atoms with Crippen LogP contribution < -0.4 is 0 Å². The van der Waals surface area contributed by atoms with Gasteiger partial charge in [-0.15, -0.1) is 6.58 Å². The Morgan fingerprint density at radius 3 is 2.64 bits per heavy atom. The molecule has 1 rings (SSSR count). The van der Waals surface area contributed by atoms with Crippen LogP contribution >= 0.6 is 0 Å². The summed E-state index contributed by atoms with van der Waals surface area (Å²) in [4.78, 5) is 0. The molecule has 0 aromatic heterocycles. The van der Waals surface area contributed by atoms with E-state index < -0.39 is 0 Å². The van der Waals surface area contributed by atoms with E-state index in [1.165, 1.54) is 5.56 Å². The summed E-state index contributed by atoms with van der Waals surface area (Å²) in [6.45, 7) is 5.72. The van der Waals surface area contributed by atoms with E-state index in [1.54, 1.807) is 12.7 Å². The summed E-state index contributed by atoms with van der Waals surface area (Å²) in [5.41, 5.74) is 1.17. The average molecular weight is 149 g/mol. The van der Waals surface area contributed by atoms with Gasteiger partial charge >= 0.3 is 0 Å². The van der Waals surface area contributed by atoms with Crippen LogP contribution in [-0.4, -0.2) is 0 Å². The predicted molar refractivity (Wildman–Crippen MR) is 45.7 cm³/mol. The van der Waals surface area contributed by atoms with Crippen molar-refractivity contribution in [1.29, 1.82) is 0 Å². The van der Waals surface area contributed by atoms with Crippen LogP contribution in [0.4, 0.5) is 0 Å². The second-order valence-electron chi connectivity index (χ2n) is 2.17. The molecule has 0 unspecified atom stereocenters. The molecule has 0 N–H and O–H groups in total. The van der Waals surface area contributed by atoms with Crippen molar-refractivity contribution in [2.75, 3.05) is 0 Å². The molecule has 0 atom stereocenters. The Morgan fingerprint density at radius 1 is 1.27 bits per heavy atom. The topological polar surface area (TPSA) is 9.23 Å². The molecule has 1 radical (unpaired) electrons. The highest BCUT2D eigenvalue weighted by Crippen LogP contribution is 2.00. The van der Waals surface area contributed by atoms with Crippen molar-refractivity contribution >= 4 is 0 Å². The molecular weight excluding hydrogens is 138 g/mol. The Morgan fingerprint density at radius 2 is 2.00 bits per heavy atom. The van der Waals surface area contributed by atoms with Gasteiger partial charge in [-0.1, -0.05) is 36.4 Å². The van der Waals surface area contributed by atoms with Gasteiger partial charge in [0.05, 0.1) is 6.61 Å². The van der Waals surface area contributed by atoms with Gasteiger partial charge in [-0.3, -0.25) is 0 Å². The van der Waals surface area contributed by atoms with Crippen molar-refractivity contribution in [1.82, 2.24) is 0 Å². The lowest BCUT2D eigenvalue weighted by Gasteiger charge is -1.98. The molecule has 1 heteroatoms. The minimum absolute atomic E-state index is 0.618. The Kier molecular flexibility index (Phi) is 3.42. The second-order valence-corrected chi connectivity index (χ2v) is 2.17. The molecule has 0 fully saturated rings. The van der Waals surface area contributed by atoms with E-state index in [9.17, 15) is 0 Å². The molecule has 0 aliphatic heterocycles. The highest BCUT2D eigenvalue weighted by Gasteiger charge is 1.88. The molecule has 0 aliphatic carbocycles. The zero-order valence-corrected chi connectivity index (χ0v) is 6.36. The fourth-order valence-electron chi connectivity index (χ4n) is 0.787. The van der Waals surface area contributed by atoms with Crippen molar-refractivity contribution in [3.05, 3.63) is 55.2 Å². The van der Waals surface area contributed by atoms with E-state index in [4.69, 9.17) is 4.74 Å². The van der Waals surface area contributed by atoms with Gasteiger partial charge < -0.3 is 4.74 Å². The number of rotatable bonds is 4. The third-order valence-corrected chi connectivity index (χ3v) is 1.29. The van der Waals surface area contributed by atoms with E-state index in [1.807, 2.05) is 30.3 Å². The predicted octanol–water partition coefficient (Wildman–Crippen LogP) is 2.55. The lowest BCUT2D eigenvalue weighted by Crippen LogP contribution is -1.86. The molecule has 57 valence electrons. The first-order chi connectivity index (χ1) is 5.43. The average Bonchev–Trinajstić information content (AvgIpc) is 2.07. The molecule has 0 aliphatic rings. The van der Waals surface area contributed by atoms with Crippen LogP contribution in [0.15, 0.2) is 43.0 Å². The highest BCUT2D eigenvalue weighted by atomic mass is 16.6. The molecular formula is C10H11O. The van der Waals surface area contributed by atoms with E-state index >= 15 is 0 Å². The van der Waals surface area contributed by atoms with Crippen molar-refractivity contribution in [3.63, 3.8) is 0 Å². The minimum Gasteiger partial charge on any atom is -0.366 e. The summed E-state index contributed by atoms with van der Waals surface area (Å²) in [6, 6.07) is 10.0.